The number of thioether (sulfide) groups is 1. The Morgan fingerprint density at radius 3 is 2.33 bits per heavy atom. The van der Waals surface area contributed by atoms with E-state index < -0.39 is 53.8 Å². The lowest BCUT2D eigenvalue weighted by molar-refractivity contribution is -0.149. The summed E-state index contributed by atoms with van der Waals surface area (Å²) < 4.78 is 0. The third-order valence-corrected chi connectivity index (χ3v) is 6.03. The highest BCUT2D eigenvalue weighted by molar-refractivity contribution is 7.98. The van der Waals surface area contributed by atoms with E-state index in [4.69, 9.17) is 17.2 Å². The van der Waals surface area contributed by atoms with Gasteiger partial charge in [-0.1, -0.05) is 0 Å². The monoisotopic (exact) mass is 488 g/mol. The summed E-state index contributed by atoms with van der Waals surface area (Å²) in [6, 6.07) is -4.06. The summed E-state index contributed by atoms with van der Waals surface area (Å²) in [4.78, 5) is 62.3. The van der Waals surface area contributed by atoms with Gasteiger partial charge in [-0.3, -0.25) is 19.2 Å². The number of rotatable bonds is 15. The number of carboxylic acid groups (broad SMARTS) is 1. The van der Waals surface area contributed by atoms with Gasteiger partial charge in [-0.15, -0.1) is 0 Å². The molecule has 0 aromatic carbocycles. The van der Waals surface area contributed by atoms with Crippen LogP contribution in [-0.2, 0) is 24.0 Å². The van der Waals surface area contributed by atoms with Gasteiger partial charge < -0.3 is 37.8 Å². The lowest BCUT2D eigenvalue weighted by Crippen LogP contribution is -2.57. The van der Waals surface area contributed by atoms with Crippen molar-refractivity contribution in [2.45, 2.75) is 69.1 Å². The lowest BCUT2D eigenvalue weighted by Gasteiger charge is -2.29. The number of carbonyl (C=O) groups is 5. The van der Waals surface area contributed by atoms with Crippen LogP contribution >= 0.6 is 11.8 Å². The predicted octanol–water partition coefficient (Wildman–Crippen LogP) is -1.88. The van der Waals surface area contributed by atoms with Crippen LogP contribution in [0.25, 0.3) is 0 Å². The molecule has 0 saturated carbocycles. The molecule has 1 aliphatic heterocycles. The van der Waals surface area contributed by atoms with Crippen molar-refractivity contribution in [1.29, 1.82) is 0 Å². The minimum Gasteiger partial charge on any atom is -0.480 e. The van der Waals surface area contributed by atoms with Crippen molar-refractivity contribution in [3.63, 3.8) is 0 Å². The average Bonchev–Trinajstić information content (AvgIpc) is 3.25. The molecule has 0 aromatic heterocycles. The van der Waals surface area contributed by atoms with Crippen molar-refractivity contribution < 1.29 is 29.1 Å². The van der Waals surface area contributed by atoms with E-state index in [1.807, 2.05) is 6.26 Å². The van der Waals surface area contributed by atoms with E-state index in [1.165, 1.54) is 16.7 Å². The second kappa shape index (κ2) is 14.7. The quantitative estimate of drug-likeness (QED) is 0.142. The summed E-state index contributed by atoms with van der Waals surface area (Å²) in [6.45, 7) is 0.712. The third kappa shape index (κ3) is 9.56. The molecule has 12 nitrogen and oxygen atoms in total. The Hall–Kier alpha value is -2.38. The van der Waals surface area contributed by atoms with E-state index in [9.17, 15) is 29.1 Å². The summed E-state index contributed by atoms with van der Waals surface area (Å²) in [5.74, 6) is -3.01. The van der Waals surface area contributed by atoms with Gasteiger partial charge in [0.2, 0.25) is 23.6 Å². The number of carboxylic acids is 1. The van der Waals surface area contributed by atoms with Crippen molar-refractivity contribution in [3.05, 3.63) is 0 Å². The number of unbranched alkanes of at least 4 members (excludes halogenated alkanes) is 1. The Kier molecular flexibility index (Phi) is 12.8. The molecule has 0 radical (unpaired) electrons. The molecule has 33 heavy (non-hydrogen) atoms. The summed E-state index contributed by atoms with van der Waals surface area (Å²) in [5.41, 5.74) is 16.3. The van der Waals surface area contributed by atoms with Gasteiger partial charge in [0.25, 0.3) is 0 Å². The highest BCUT2D eigenvalue weighted by Crippen LogP contribution is 2.20. The molecule has 4 amide bonds. The number of nitrogens with one attached hydrogen (secondary N) is 2. The second-order valence-electron chi connectivity index (χ2n) is 7.99. The summed E-state index contributed by atoms with van der Waals surface area (Å²) in [5, 5.41) is 14.6. The van der Waals surface area contributed by atoms with Crippen molar-refractivity contribution in [3.8, 4) is 0 Å². The number of aliphatic carboxylic acids is 1. The molecular formula is C20H36N6O6S. The average molecular weight is 489 g/mol. The van der Waals surface area contributed by atoms with Crippen molar-refractivity contribution in [1.82, 2.24) is 15.5 Å². The number of amides is 4. The Morgan fingerprint density at radius 1 is 1.09 bits per heavy atom. The highest BCUT2D eigenvalue weighted by Gasteiger charge is 2.38. The van der Waals surface area contributed by atoms with Crippen LogP contribution in [0.1, 0.15) is 44.9 Å². The van der Waals surface area contributed by atoms with Crippen LogP contribution in [0, 0.1) is 0 Å². The van der Waals surface area contributed by atoms with Crippen LogP contribution in [0.5, 0.6) is 0 Å². The smallest absolute Gasteiger partial charge is 0.326 e. The zero-order valence-corrected chi connectivity index (χ0v) is 19.8. The normalized spacial score (nSPS) is 18.3. The molecule has 4 unspecified atom stereocenters. The number of hydrogen-bond acceptors (Lipinski definition) is 8. The highest BCUT2D eigenvalue weighted by atomic mass is 32.2. The molecular weight excluding hydrogens is 452 g/mol. The topological polar surface area (TPSA) is 211 Å². The number of primary amides is 1. The second-order valence-corrected chi connectivity index (χ2v) is 8.98. The fourth-order valence-electron chi connectivity index (χ4n) is 3.60. The number of nitrogens with zero attached hydrogens (tertiary/aromatic N) is 1. The van der Waals surface area contributed by atoms with E-state index in [0.717, 1.165) is 0 Å². The van der Waals surface area contributed by atoms with Gasteiger partial charge in [0.1, 0.15) is 18.1 Å². The molecule has 13 heteroatoms. The molecule has 1 heterocycles. The van der Waals surface area contributed by atoms with Gasteiger partial charge in [0.05, 0.1) is 12.5 Å². The number of likely N-dealkylation sites (tertiary alicyclic amines) is 1. The minimum absolute atomic E-state index is 0.253. The SMILES string of the molecule is CSCCC(NC(=O)C(CCCCN)NC(=O)C(N)CC(N)=O)C(=O)N1CCCC1C(=O)O. The fourth-order valence-corrected chi connectivity index (χ4v) is 4.07. The van der Waals surface area contributed by atoms with Crippen LogP contribution < -0.4 is 27.8 Å². The Balaban J connectivity index is 2.96. The zero-order valence-electron chi connectivity index (χ0n) is 19.0. The Labute approximate surface area is 197 Å². The summed E-state index contributed by atoms with van der Waals surface area (Å²) >= 11 is 1.49. The summed E-state index contributed by atoms with van der Waals surface area (Å²) in [7, 11) is 0. The van der Waals surface area contributed by atoms with E-state index in [2.05, 4.69) is 10.6 Å². The Morgan fingerprint density at radius 2 is 1.76 bits per heavy atom. The fraction of sp³-hybridized carbons (Fsp3) is 0.750. The van der Waals surface area contributed by atoms with Crippen LogP contribution in [0.4, 0.5) is 0 Å². The molecule has 4 atom stereocenters. The lowest BCUT2D eigenvalue weighted by atomic mass is 10.1. The van der Waals surface area contributed by atoms with E-state index in [1.54, 1.807) is 0 Å². The van der Waals surface area contributed by atoms with Gasteiger partial charge in [-0.25, -0.2) is 4.79 Å². The molecule has 0 spiro atoms. The number of nitrogens with two attached hydrogens (primary N) is 3. The molecule has 188 valence electrons. The number of carbonyl (C=O) groups excluding carboxylic acids is 4. The van der Waals surface area contributed by atoms with Crippen molar-refractivity contribution in [2.24, 2.45) is 17.2 Å². The largest absolute Gasteiger partial charge is 0.480 e. The van der Waals surface area contributed by atoms with Crippen molar-refractivity contribution in [2.75, 3.05) is 25.1 Å². The summed E-state index contributed by atoms with van der Waals surface area (Å²) in [6.07, 6.45) is 4.13. The zero-order chi connectivity index (χ0) is 25.0. The van der Waals surface area contributed by atoms with Crippen LogP contribution in [-0.4, -0.2) is 88.9 Å². The van der Waals surface area contributed by atoms with Crippen molar-refractivity contribution >= 4 is 41.4 Å². The molecule has 0 aromatic rings. The van der Waals surface area contributed by atoms with E-state index >= 15 is 0 Å². The van der Waals surface area contributed by atoms with E-state index in [-0.39, 0.29) is 12.8 Å². The van der Waals surface area contributed by atoms with Gasteiger partial charge in [0.15, 0.2) is 0 Å². The molecule has 0 bridgehead atoms. The Bertz CT molecular complexity index is 709. The first-order valence-electron chi connectivity index (χ1n) is 11.0. The molecule has 0 aliphatic carbocycles. The maximum atomic E-state index is 13.1. The van der Waals surface area contributed by atoms with Crippen LogP contribution in [0.2, 0.25) is 0 Å². The first kappa shape index (κ1) is 28.7. The molecule has 1 fully saturated rings. The van der Waals surface area contributed by atoms with Gasteiger partial charge in [0, 0.05) is 6.54 Å². The molecule has 1 rings (SSSR count). The maximum Gasteiger partial charge on any atom is 0.326 e. The standard InChI is InChI=1S/C20H36N6O6S/c1-33-10-7-14(19(30)26-9-4-6-15(26)20(31)32)25-18(29)13(5-2-3-8-21)24-17(28)12(22)11-16(23)27/h12-15H,2-11,21-22H2,1H3,(H2,23,27)(H,24,28)(H,25,29)(H,31,32). The minimum atomic E-state index is -1.21. The molecule has 1 saturated heterocycles. The molecule has 1 aliphatic rings. The third-order valence-electron chi connectivity index (χ3n) is 5.38. The maximum absolute atomic E-state index is 13.1. The molecule has 9 N–H and O–H groups in total. The van der Waals surface area contributed by atoms with Crippen LogP contribution in [0.15, 0.2) is 0 Å². The first-order valence-corrected chi connectivity index (χ1v) is 12.4. The van der Waals surface area contributed by atoms with Gasteiger partial charge >= 0.3 is 5.97 Å². The number of hydrogen-bond donors (Lipinski definition) is 6. The van der Waals surface area contributed by atoms with Gasteiger partial charge in [-0.05, 0) is 57.1 Å². The predicted molar refractivity (Wildman–Crippen MR) is 124 cm³/mol. The first-order chi connectivity index (χ1) is 15.6. The van der Waals surface area contributed by atoms with E-state index in [0.29, 0.717) is 50.9 Å². The van der Waals surface area contributed by atoms with Gasteiger partial charge in [-0.2, -0.15) is 11.8 Å². The van der Waals surface area contributed by atoms with Crippen LogP contribution in [0.3, 0.4) is 0 Å².